The number of hydrogen-bond acceptors (Lipinski definition) is 2. The second-order valence-corrected chi connectivity index (χ2v) is 3.45. The van der Waals surface area contributed by atoms with E-state index in [0.29, 0.717) is 5.02 Å². The van der Waals surface area contributed by atoms with Crippen molar-refractivity contribution in [3.8, 4) is 0 Å². The molecule has 0 aliphatic rings. The maximum Gasteiger partial charge on any atom is 0.209 e. The molecule has 0 unspecified atom stereocenters. The summed E-state index contributed by atoms with van der Waals surface area (Å²) < 4.78 is 10.5. The van der Waals surface area contributed by atoms with Gasteiger partial charge >= 0.3 is 0 Å². The zero-order chi connectivity index (χ0) is 10.6. The molecule has 0 amide bonds. The summed E-state index contributed by atoms with van der Waals surface area (Å²) in [7, 11) is 3.07. The van der Waals surface area contributed by atoms with Gasteiger partial charge in [-0.25, -0.2) is 0 Å². The van der Waals surface area contributed by atoms with Crippen LogP contribution in [0.4, 0.5) is 0 Å². The van der Waals surface area contributed by atoms with E-state index in [4.69, 9.17) is 32.7 Å². The molecule has 1 aromatic carbocycles. The zero-order valence-corrected chi connectivity index (χ0v) is 9.60. The van der Waals surface area contributed by atoms with Crippen LogP contribution in [0.2, 0.25) is 5.02 Å². The number of rotatable bonds is 4. The molecule has 0 radical (unpaired) electrons. The van der Waals surface area contributed by atoms with Crippen LogP contribution in [0.5, 0.6) is 0 Å². The Bertz CT molecular complexity index is 290. The Labute approximate surface area is 93.7 Å². The number of ether oxygens (including phenoxy) is 2. The van der Waals surface area contributed by atoms with Crippen LogP contribution >= 0.6 is 23.2 Å². The minimum atomic E-state index is -0.958. The lowest BCUT2D eigenvalue weighted by molar-refractivity contribution is -0.198. The smallest absolute Gasteiger partial charge is 0.209 e. The monoisotopic (exact) mass is 234 g/mol. The molecule has 78 valence electrons. The van der Waals surface area contributed by atoms with E-state index in [1.165, 1.54) is 14.2 Å². The molecule has 4 heteroatoms. The molecular weight excluding hydrogens is 223 g/mol. The molecule has 0 N–H and O–H groups in total. The van der Waals surface area contributed by atoms with E-state index < -0.39 is 5.79 Å². The fourth-order valence-corrected chi connectivity index (χ4v) is 1.90. The number of halogens is 2. The van der Waals surface area contributed by atoms with Crippen LogP contribution in [0.1, 0.15) is 5.56 Å². The summed E-state index contributed by atoms with van der Waals surface area (Å²) in [6.07, 6.45) is 0. The van der Waals surface area contributed by atoms with Crippen LogP contribution in [-0.4, -0.2) is 20.1 Å². The van der Waals surface area contributed by atoms with Gasteiger partial charge in [0, 0.05) is 24.8 Å². The largest absolute Gasteiger partial charge is 0.348 e. The first-order valence-corrected chi connectivity index (χ1v) is 5.02. The Kier molecular flexibility index (Phi) is 4.20. The normalized spacial score (nSPS) is 11.7. The Hall–Kier alpha value is -0.280. The summed E-state index contributed by atoms with van der Waals surface area (Å²) in [6, 6.07) is 7.31. The Morgan fingerprint density at radius 2 is 1.79 bits per heavy atom. The van der Waals surface area contributed by atoms with Crippen molar-refractivity contribution in [1.29, 1.82) is 0 Å². The lowest BCUT2D eigenvalue weighted by atomic mass is 10.1. The number of methoxy groups -OCH3 is 2. The Balaban J connectivity index is 3.17. The molecule has 0 heterocycles. The van der Waals surface area contributed by atoms with Gasteiger partial charge in [0.15, 0.2) is 0 Å². The summed E-state index contributed by atoms with van der Waals surface area (Å²) in [5.41, 5.74) is 0.738. The van der Waals surface area contributed by atoms with Gasteiger partial charge in [-0.3, -0.25) is 0 Å². The molecule has 14 heavy (non-hydrogen) atoms. The highest BCUT2D eigenvalue weighted by Crippen LogP contribution is 2.32. The van der Waals surface area contributed by atoms with E-state index in [0.717, 1.165) is 5.56 Å². The third kappa shape index (κ3) is 2.04. The topological polar surface area (TPSA) is 18.5 Å². The van der Waals surface area contributed by atoms with Crippen LogP contribution in [-0.2, 0) is 15.3 Å². The Morgan fingerprint density at radius 1 is 1.21 bits per heavy atom. The van der Waals surface area contributed by atoms with Crippen LogP contribution in [0.3, 0.4) is 0 Å². The molecule has 1 rings (SSSR count). The molecule has 0 aliphatic carbocycles. The third-order valence-electron chi connectivity index (χ3n) is 2.12. The van der Waals surface area contributed by atoms with Crippen molar-refractivity contribution in [2.24, 2.45) is 0 Å². The molecule has 0 spiro atoms. The maximum absolute atomic E-state index is 6.03. The highest BCUT2D eigenvalue weighted by atomic mass is 35.5. The van der Waals surface area contributed by atoms with Crippen molar-refractivity contribution >= 4 is 23.2 Å². The summed E-state index contributed by atoms with van der Waals surface area (Å²) >= 11 is 11.8. The number of benzene rings is 1. The molecule has 0 atom stereocenters. The Morgan fingerprint density at radius 3 is 2.21 bits per heavy atom. The molecule has 0 bridgehead atoms. The first-order chi connectivity index (χ1) is 6.70. The quantitative estimate of drug-likeness (QED) is 0.589. The van der Waals surface area contributed by atoms with Gasteiger partial charge in [0.05, 0.1) is 5.88 Å². The van der Waals surface area contributed by atoms with Gasteiger partial charge in [-0.15, -0.1) is 11.6 Å². The van der Waals surface area contributed by atoms with Crippen LogP contribution in [0.15, 0.2) is 24.3 Å². The summed E-state index contributed by atoms with van der Waals surface area (Å²) in [6.45, 7) is 0. The average Bonchev–Trinajstić information content (AvgIpc) is 2.24. The fraction of sp³-hybridized carbons (Fsp3) is 0.400. The van der Waals surface area contributed by atoms with Crippen LogP contribution < -0.4 is 0 Å². The van der Waals surface area contributed by atoms with Gasteiger partial charge < -0.3 is 9.47 Å². The van der Waals surface area contributed by atoms with Crippen LogP contribution in [0.25, 0.3) is 0 Å². The van der Waals surface area contributed by atoms with E-state index in [2.05, 4.69) is 0 Å². The maximum atomic E-state index is 6.03. The standard InChI is InChI=1S/C10H12Cl2O2/c1-13-10(7-11,14-2)8-5-3-4-6-9(8)12/h3-6H,7H2,1-2H3. The summed E-state index contributed by atoms with van der Waals surface area (Å²) in [5, 5.41) is 0.580. The second kappa shape index (κ2) is 4.99. The molecule has 1 aromatic rings. The van der Waals surface area contributed by atoms with E-state index in [1.54, 1.807) is 6.07 Å². The average molecular weight is 235 g/mol. The van der Waals surface area contributed by atoms with Crippen molar-refractivity contribution in [3.05, 3.63) is 34.9 Å². The second-order valence-electron chi connectivity index (χ2n) is 2.77. The van der Waals surface area contributed by atoms with E-state index in [1.807, 2.05) is 18.2 Å². The minimum Gasteiger partial charge on any atom is -0.348 e. The highest BCUT2D eigenvalue weighted by molar-refractivity contribution is 6.31. The SMILES string of the molecule is COC(CCl)(OC)c1ccccc1Cl. The van der Waals surface area contributed by atoms with Crippen molar-refractivity contribution in [1.82, 2.24) is 0 Å². The molecule has 0 saturated heterocycles. The highest BCUT2D eigenvalue weighted by Gasteiger charge is 2.32. The van der Waals surface area contributed by atoms with Crippen molar-refractivity contribution < 1.29 is 9.47 Å². The van der Waals surface area contributed by atoms with E-state index >= 15 is 0 Å². The van der Waals surface area contributed by atoms with Crippen molar-refractivity contribution in [3.63, 3.8) is 0 Å². The molecular formula is C10H12Cl2O2. The van der Waals surface area contributed by atoms with E-state index in [9.17, 15) is 0 Å². The molecule has 0 fully saturated rings. The van der Waals surface area contributed by atoms with Gasteiger partial charge in [0.1, 0.15) is 0 Å². The number of alkyl halides is 1. The lowest BCUT2D eigenvalue weighted by Gasteiger charge is -2.29. The van der Waals surface area contributed by atoms with Crippen LogP contribution in [0, 0.1) is 0 Å². The zero-order valence-electron chi connectivity index (χ0n) is 8.09. The molecule has 2 nitrogen and oxygen atoms in total. The summed E-state index contributed by atoms with van der Waals surface area (Å²) in [4.78, 5) is 0. The van der Waals surface area contributed by atoms with Gasteiger partial charge in [-0.1, -0.05) is 29.8 Å². The first-order valence-electron chi connectivity index (χ1n) is 4.11. The predicted octanol–water partition coefficient (Wildman–Crippen LogP) is 3.02. The predicted molar refractivity (Wildman–Crippen MR) is 57.9 cm³/mol. The fourth-order valence-electron chi connectivity index (χ4n) is 1.25. The molecule has 0 aromatic heterocycles. The van der Waals surface area contributed by atoms with Crippen molar-refractivity contribution in [2.75, 3.05) is 20.1 Å². The van der Waals surface area contributed by atoms with Crippen molar-refractivity contribution in [2.45, 2.75) is 5.79 Å². The molecule has 0 aliphatic heterocycles. The number of hydrogen-bond donors (Lipinski definition) is 0. The van der Waals surface area contributed by atoms with Gasteiger partial charge in [0.25, 0.3) is 0 Å². The first kappa shape index (κ1) is 11.8. The van der Waals surface area contributed by atoms with Gasteiger partial charge in [-0.2, -0.15) is 0 Å². The van der Waals surface area contributed by atoms with Gasteiger partial charge in [-0.05, 0) is 6.07 Å². The van der Waals surface area contributed by atoms with E-state index in [-0.39, 0.29) is 5.88 Å². The minimum absolute atomic E-state index is 0.184. The summed E-state index contributed by atoms with van der Waals surface area (Å²) in [5.74, 6) is -0.774. The van der Waals surface area contributed by atoms with Gasteiger partial charge in [0.2, 0.25) is 5.79 Å². The molecule has 0 saturated carbocycles. The third-order valence-corrected chi connectivity index (χ3v) is 2.80. The lowest BCUT2D eigenvalue weighted by Crippen LogP contribution is -2.33.